The number of amides is 1. The molecule has 1 rings (SSSR count). The minimum Gasteiger partial charge on any atom is -0.366 e. The zero-order valence-electron chi connectivity index (χ0n) is 6.18. The number of benzene rings is 1. The zero-order chi connectivity index (χ0) is 9.14. The lowest BCUT2D eigenvalue weighted by molar-refractivity contribution is 0.0999. The average Bonchev–Trinajstić information content (AvgIpc) is 2.03. The van der Waals surface area contributed by atoms with E-state index in [2.05, 4.69) is 31.9 Å². The molecule has 0 unspecified atom stereocenters. The zero-order valence-corrected chi connectivity index (χ0v) is 9.35. The van der Waals surface area contributed by atoms with Gasteiger partial charge in [0.2, 0.25) is 5.91 Å². The molecule has 0 spiro atoms. The van der Waals surface area contributed by atoms with E-state index >= 15 is 0 Å². The fourth-order valence-electron chi connectivity index (χ4n) is 0.925. The summed E-state index contributed by atoms with van der Waals surface area (Å²) in [4.78, 5) is 10.9. The Hall–Kier alpha value is -0.350. The van der Waals surface area contributed by atoms with Gasteiger partial charge in [-0.2, -0.15) is 0 Å². The Morgan fingerprint density at radius 3 is 2.58 bits per heavy atom. The van der Waals surface area contributed by atoms with E-state index in [4.69, 9.17) is 5.73 Å². The number of hydrogen-bond donors (Lipinski definition) is 1. The minimum absolute atomic E-state index is 0.397. The molecule has 0 bridgehead atoms. The molecule has 0 atom stereocenters. The summed E-state index contributed by atoms with van der Waals surface area (Å²) < 4.78 is 0.899. The second-order valence-corrected chi connectivity index (χ2v) is 3.68. The number of nitrogens with two attached hydrogens (primary N) is 1. The highest BCUT2D eigenvalue weighted by atomic mass is 79.9. The SMILES string of the molecule is NC(=O)c1cccc(Br)c1CBr. The van der Waals surface area contributed by atoms with Crippen LogP contribution in [0.1, 0.15) is 15.9 Å². The van der Waals surface area contributed by atoms with Gasteiger partial charge in [-0.3, -0.25) is 4.79 Å². The van der Waals surface area contributed by atoms with Crippen molar-refractivity contribution in [3.05, 3.63) is 33.8 Å². The molecule has 0 saturated carbocycles. The van der Waals surface area contributed by atoms with Crippen LogP contribution in [0.15, 0.2) is 22.7 Å². The van der Waals surface area contributed by atoms with Crippen molar-refractivity contribution in [1.29, 1.82) is 0 Å². The molecular formula is C8H7Br2NO. The van der Waals surface area contributed by atoms with Gasteiger partial charge in [0.1, 0.15) is 0 Å². The van der Waals surface area contributed by atoms with Gasteiger partial charge in [0.05, 0.1) is 0 Å². The molecule has 0 radical (unpaired) electrons. The summed E-state index contributed by atoms with van der Waals surface area (Å²) in [6, 6.07) is 5.38. The van der Waals surface area contributed by atoms with Gasteiger partial charge in [-0.15, -0.1) is 0 Å². The summed E-state index contributed by atoms with van der Waals surface area (Å²) in [7, 11) is 0. The number of carbonyl (C=O) groups excluding carboxylic acids is 1. The fraction of sp³-hybridized carbons (Fsp3) is 0.125. The van der Waals surface area contributed by atoms with Crippen molar-refractivity contribution in [3.8, 4) is 0 Å². The van der Waals surface area contributed by atoms with E-state index in [-0.39, 0.29) is 0 Å². The van der Waals surface area contributed by atoms with Gasteiger partial charge in [0.15, 0.2) is 0 Å². The standard InChI is InChI=1S/C8H7Br2NO/c9-4-6-5(8(11)12)2-1-3-7(6)10/h1-3H,4H2,(H2,11,12). The van der Waals surface area contributed by atoms with Crippen molar-refractivity contribution in [1.82, 2.24) is 0 Å². The van der Waals surface area contributed by atoms with E-state index in [1.165, 1.54) is 0 Å². The number of alkyl halides is 1. The first-order valence-corrected chi connectivity index (χ1v) is 5.21. The highest BCUT2D eigenvalue weighted by Crippen LogP contribution is 2.22. The van der Waals surface area contributed by atoms with Crippen LogP contribution in [0.25, 0.3) is 0 Å². The van der Waals surface area contributed by atoms with Crippen LogP contribution in [0.3, 0.4) is 0 Å². The van der Waals surface area contributed by atoms with Gasteiger partial charge in [-0.1, -0.05) is 37.9 Å². The lowest BCUT2D eigenvalue weighted by atomic mass is 10.1. The Morgan fingerprint density at radius 1 is 1.50 bits per heavy atom. The van der Waals surface area contributed by atoms with Crippen molar-refractivity contribution in [2.75, 3.05) is 0 Å². The summed E-state index contributed by atoms with van der Waals surface area (Å²) >= 11 is 6.63. The van der Waals surface area contributed by atoms with E-state index in [1.807, 2.05) is 6.07 Å². The molecule has 0 aliphatic carbocycles. The third-order valence-corrected chi connectivity index (χ3v) is 2.82. The Kier molecular flexibility index (Phi) is 3.29. The lowest BCUT2D eigenvalue weighted by Crippen LogP contribution is -2.13. The molecular weight excluding hydrogens is 286 g/mol. The molecule has 64 valence electrons. The average molecular weight is 293 g/mol. The largest absolute Gasteiger partial charge is 0.366 e. The van der Waals surface area contributed by atoms with Crippen molar-refractivity contribution in [3.63, 3.8) is 0 Å². The maximum atomic E-state index is 10.9. The first-order chi connectivity index (χ1) is 5.66. The predicted molar refractivity (Wildman–Crippen MR) is 55.3 cm³/mol. The van der Waals surface area contributed by atoms with Crippen molar-refractivity contribution < 1.29 is 4.79 Å². The van der Waals surface area contributed by atoms with E-state index in [0.717, 1.165) is 10.0 Å². The molecule has 0 aliphatic rings. The molecule has 2 nitrogen and oxygen atoms in total. The molecule has 1 aromatic rings. The molecule has 0 saturated heterocycles. The Balaban J connectivity index is 3.27. The molecule has 0 heterocycles. The summed E-state index contributed by atoms with van der Waals surface area (Å²) in [5, 5.41) is 0.618. The molecule has 0 aromatic heterocycles. The second-order valence-electron chi connectivity index (χ2n) is 2.26. The van der Waals surface area contributed by atoms with E-state index in [9.17, 15) is 4.79 Å². The number of carbonyl (C=O) groups is 1. The molecule has 12 heavy (non-hydrogen) atoms. The van der Waals surface area contributed by atoms with Gasteiger partial charge >= 0.3 is 0 Å². The van der Waals surface area contributed by atoms with Crippen molar-refractivity contribution in [2.24, 2.45) is 5.73 Å². The van der Waals surface area contributed by atoms with Crippen LogP contribution >= 0.6 is 31.9 Å². The van der Waals surface area contributed by atoms with Gasteiger partial charge in [0.25, 0.3) is 0 Å². The third kappa shape index (κ3) is 1.87. The highest BCUT2D eigenvalue weighted by molar-refractivity contribution is 9.10. The molecule has 0 fully saturated rings. The monoisotopic (exact) mass is 291 g/mol. The van der Waals surface area contributed by atoms with Crippen LogP contribution < -0.4 is 5.73 Å². The molecule has 2 N–H and O–H groups in total. The topological polar surface area (TPSA) is 43.1 Å². The van der Waals surface area contributed by atoms with Gasteiger partial charge in [-0.05, 0) is 17.7 Å². The third-order valence-electron chi connectivity index (χ3n) is 1.52. The minimum atomic E-state index is -0.397. The second kappa shape index (κ2) is 4.05. The van der Waals surface area contributed by atoms with E-state index in [0.29, 0.717) is 10.9 Å². The van der Waals surface area contributed by atoms with Gasteiger partial charge in [-0.25, -0.2) is 0 Å². The first kappa shape index (κ1) is 9.74. The van der Waals surface area contributed by atoms with Gasteiger partial charge < -0.3 is 5.73 Å². The van der Waals surface area contributed by atoms with Gasteiger partial charge in [0, 0.05) is 15.4 Å². The summed E-state index contributed by atoms with van der Waals surface area (Å²) in [5.41, 5.74) is 6.63. The molecule has 0 aliphatic heterocycles. The highest BCUT2D eigenvalue weighted by Gasteiger charge is 2.08. The van der Waals surface area contributed by atoms with Crippen LogP contribution in [-0.2, 0) is 5.33 Å². The van der Waals surface area contributed by atoms with Crippen LogP contribution in [0.4, 0.5) is 0 Å². The first-order valence-electron chi connectivity index (χ1n) is 3.30. The molecule has 1 aromatic carbocycles. The Bertz CT molecular complexity index is 312. The summed E-state index contributed by atoms with van der Waals surface area (Å²) in [6.45, 7) is 0. The molecule has 1 amide bonds. The number of halogens is 2. The van der Waals surface area contributed by atoms with Crippen LogP contribution in [0.5, 0.6) is 0 Å². The smallest absolute Gasteiger partial charge is 0.249 e. The van der Waals surface area contributed by atoms with Crippen LogP contribution in [0, 0.1) is 0 Å². The lowest BCUT2D eigenvalue weighted by Gasteiger charge is -2.04. The maximum Gasteiger partial charge on any atom is 0.249 e. The number of rotatable bonds is 2. The van der Waals surface area contributed by atoms with Crippen molar-refractivity contribution >= 4 is 37.8 Å². The van der Waals surface area contributed by atoms with Crippen LogP contribution in [-0.4, -0.2) is 5.91 Å². The number of hydrogen-bond acceptors (Lipinski definition) is 1. The van der Waals surface area contributed by atoms with Crippen LogP contribution in [0.2, 0.25) is 0 Å². The number of primary amides is 1. The predicted octanol–water partition coefficient (Wildman–Crippen LogP) is 2.44. The normalized spacial score (nSPS) is 9.83. The Labute approximate surface area is 87.4 Å². The van der Waals surface area contributed by atoms with Crippen molar-refractivity contribution in [2.45, 2.75) is 5.33 Å². The quantitative estimate of drug-likeness (QED) is 0.836. The summed E-state index contributed by atoms with van der Waals surface area (Å²) in [5.74, 6) is -0.397. The van der Waals surface area contributed by atoms with E-state index < -0.39 is 5.91 Å². The summed E-state index contributed by atoms with van der Waals surface area (Å²) in [6.07, 6.45) is 0. The van der Waals surface area contributed by atoms with E-state index in [1.54, 1.807) is 12.1 Å². The molecule has 4 heteroatoms. The maximum absolute atomic E-state index is 10.9. The fourth-order valence-corrected chi connectivity index (χ4v) is 2.41. The Morgan fingerprint density at radius 2 is 2.17 bits per heavy atom.